The van der Waals surface area contributed by atoms with Crippen LogP contribution in [0.15, 0.2) is 30.3 Å². The summed E-state index contributed by atoms with van der Waals surface area (Å²) in [5, 5.41) is 10.6. The topological polar surface area (TPSA) is 95.5 Å². The maximum atomic E-state index is 11.8. The van der Waals surface area contributed by atoms with Gasteiger partial charge < -0.3 is 10.5 Å². The van der Waals surface area contributed by atoms with Crippen LogP contribution in [0.5, 0.6) is 0 Å². The highest BCUT2D eigenvalue weighted by Gasteiger charge is 2.17. The number of ether oxygens (including phenoxy) is 1. The van der Waals surface area contributed by atoms with Crippen LogP contribution in [0.2, 0.25) is 0 Å². The number of anilines is 1. The molecular formula is C14H14N2O4S. The molecular weight excluding hydrogens is 292 g/mol. The van der Waals surface area contributed by atoms with E-state index in [-0.39, 0.29) is 5.69 Å². The van der Waals surface area contributed by atoms with Crippen molar-refractivity contribution in [3.63, 3.8) is 0 Å². The first-order valence-corrected chi connectivity index (χ1v) is 7.15. The fourth-order valence-electron chi connectivity index (χ4n) is 1.71. The molecule has 0 amide bonds. The standard InChI is InChI=1S/C14H14N2O4S/c1-2-7-20-14(17)13-11(15)8-12(21-13)9-3-5-10(6-4-9)16(18)19/h3-6,8H,2,7,15H2,1H3. The van der Waals surface area contributed by atoms with Gasteiger partial charge in [0.05, 0.1) is 17.2 Å². The molecule has 1 aromatic carbocycles. The molecule has 21 heavy (non-hydrogen) atoms. The monoisotopic (exact) mass is 306 g/mol. The number of esters is 1. The number of carbonyl (C=O) groups excluding carboxylic acids is 1. The number of hydrogen-bond donors (Lipinski definition) is 1. The Morgan fingerprint density at radius 3 is 2.62 bits per heavy atom. The molecule has 0 saturated carbocycles. The van der Waals surface area contributed by atoms with Gasteiger partial charge in [-0.25, -0.2) is 4.79 Å². The first-order chi connectivity index (χ1) is 10.0. The average Bonchev–Trinajstić information content (AvgIpc) is 2.87. The molecule has 2 rings (SSSR count). The molecule has 7 heteroatoms. The van der Waals surface area contributed by atoms with Gasteiger partial charge in [0.15, 0.2) is 0 Å². The van der Waals surface area contributed by atoms with E-state index in [0.29, 0.717) is 17.2 Å². The molecule has 0 atom stereocenters. The highest BCUT2D eigenvalue weighted by atomic mass is 32.1. The van der Waals surface area contributed by atoms with E-state index in [1.54, 1.807) is 18.2 Å². The van der Waals surface area contributed by atoms with E-state index in [9.17, 15) is 14.9 Å². The summed E-state index contributed by atoms with van der Waals surface area (Å²) in [6.07, 6.45) is 0.742. The number of nitrogens with zero attached hydrogens (tertiary/aromatic N) is 1. The molecule has 110 valence electrons. The number of nitro benzene ring substituents is 1. The summed E-state index contributed by atoms with van der Waals surface area (Å²) in [5.74, 6) is -0.437. The summed E-state index contributed by atoms with van der Waals surface area (Å²) < 4.78 is 5.06. The summed E-state index contributed by atoms with van der Waals surface area (Å²) in [5.41, 5.74) is 6.98. The van der Waals surface area contributed by atoms with Crippen LogP contribution in [0.4, 0.5) is 11.4 Å². The Labute approximate surface area is 125 Å². The van der Waals surface area contributed by atoms with Gasteiger partial charge in [-0.15, -0.1) is 11.3 Å². The zero-order valence-corrected chi connectivity index (χ0v) is 12.2. The van der Waals surface area contributed by atoms with Crippen LogP contribution in [0.1, 0.15) is 23.0 Å². The third-order valence-corrected chi connectivity index (χ3v) is 3.93. The Morgan fingerprint density at radius 2 is 2.05 bits per heavy atom. The first kappa shape index (κ1) is 15.0. The number of rotatable bonds is 5. The van der Waals surface area contributed by atoms with Gasteiger partial charge in [-0.2, -0.15) is 0 Å². The molecule has 0 radical (unpaired) electrons. The zero-order valence-electron chi connectivity index (χ0n) is 11.4. The number of nitrogen functional groups attached to an aromatic ring is 1. The van der Waals surface area contributed by atoms with Crippen molar-refractivity contribution in [3.8, 4) is 10.4 Å². The van der Waals surface area contributed by atoms with Crippen LogP contribution >= 0.6 is 11.3 Å². The van der Waals surface area contributed by atoms with Crippen LogP contribution in [0.3, 0.4) is 0 Å². The fraction of sp³-hybridized carbons (Fsp3) is 0.214. The van der Waals surface area contributed by atoms with E-state index in [0.717, 1.165) is 16.9 Å². The predicted molar refractivity (Wildman–Crippen MR) is 81.4 cm³/mol. The normalized spacial score (nSPS) is 10.3. The Morgan fingerprint density at radius 1 is 1.38 bits per heavy atom. The van der Waals surface area contributed by atoms with Crippen molar-refractivity contribution in [2.45, 2.75) is 13.3 Å². The van der Waals surface area contributed by atoms with Gasteiger partial charge in [0, 0.05) is 17.0 Å². The number of nitrogens with two attached hydrogens (primary N) is 1. The second kappa shape index (κ2) is 6.36. The van der Waals surface area contributed by atoms with Crippen molar-refractivity contribution in [3.05, 3.63) is 45.3 Å². The minimum absolute atomic E-state index is 0.0193. The Kier molecular flexibility index (Phi) is 4.54. The van der Waals surface area contributed by atoms with Gasteiger partial charge in [-0.05, 0) is 30.2 Å². The molecule has 6 nitrogen and oxygen atoms in total. The van der Waals surface area contributed by atoms with E-state index in [4.69, 9.17) is 10.5 Å². The number of carbonyl (C=O) groups is 1. The third kappa shape index (κ3) is 3.38. The van der Waals surface area contributed by atoms with Crippen LogP contribution in [0, 0.1) is 10.1 Å². The lowest BCUT2D eigenvalue weighted by atomic mass is 10.1. The van der Waals surface area contributed by atoms with E-state index in [2.05, 4.69) is 0 Å². The van der Waals surface area contributed by atoms with Crippen LogP contribution in [-0.4, -0.2) is 17.5 Å². The highest BCUT2D eigenvalue weighted by molar-refractivity contribution is 7.18. The van der Waals surface area contributed by atoms with Crippen molar-refractivity contribution in [1.29, 1.82) is 0 Å². The number of hydrogen-bond acceptors (Lipinski definition) is 6. The fourth-order valence-corrected chi connectivity index (χ4v) is 2.69. The van der Waals surface area contributed by atoms with Crippen molar-refractivity contribution >= 4 is 28.7 Å². The summed E-state index contributed by atoms with van der Waals surface area (Å²) >= 11 is 1.22. The molecule has 0 aliphatic rings. The van der Waals surface area contributed by atoms with Crippen molar-refractivity contribution < 1.29 is 14.5 Å². The van der Waals surface area contributed by atoms with E-state index >= 15 is 0 Å². The molecule has 0 unspecified atom stereocenters. The lowest BCUT2D eigenvalue weighted by Gasteiger charge is -2.00. The van der Waals surface area contributed by atoms with E-state index in [1.807, 2.05) is 6.92 Å². The highest BCUT2D eigenvalue weighted by Crippen LogP contribution is 2.34. The van der Waals surface area contributed by atoms with Gasteiger partial charge >= 0.3 is 5.97 Å². The van der Waals surface area contributed by atoms with Crippen LogP contribution in [0.25, 0.3) is 10.4 Å². The lowest BCUT2D eigenvalue weighted by Crippen LogP contribution is -2.05. The molecule has 0 bridgehead atoms. The van der Waals surface area contributed by atoms with E-state index < -0.39 is 10.9 Å². The van der Waals surface area contributed by atoms with E-state index in [1.165, 1.54) is 23.5 Å². The summed E-state index contributed by atoms with van der Waals surface area (Å²) in [6.45, 7) is 2.26. The van der Waals surface area contributed by atoms with Crippen LogP contribution in [-0.2, 0) is 4.74 Å². The zero-order chi connectivity index (χ0) is 15.4. The molecule has 0 aliphatic carbocycles. The lowest BCUT2D eigenvalue weighted by molar-refractivity contribution is -0.384. The molecule has 0 aliphatic heterocycles. The summed E-state index contributed by atoms with van der Waals surface area (Å²) in [6, 6.07) is 7.77. The Balaban J connectivity index is 2.25. The third-order valence-electron chi connectivity index (χ3n) is 2.75. The molecule has 1 heterocycles. The smallest absolute Gasteiger partial charge is 0.350 e. The van der Waals surface area contributed by atoms with Gasteiger partial charge in [0.25, 0.3) is 5.69 Å². The van der Waals surface area contributed by atoms with Gasteiger partial charge in [0.1, 0.15) is 4.88 Å². The summed E-state index contributed by atoms with van der Waals surface area (Å²) in [4.78, 5) is 23.1. The van der Waals surface area contributed by atoms with Crippen molar-refractivity contribution in [2.75, 3.05) is 12.3 Å². The van der Waals surface area contributed by atoms with Gasteiger partial charge in [-0.3, -0.25) is 10.1 Å². The summed E-state index contributed by atoms with van der Waals surface area (Å²) in [7, 11) is 0. The Bertz CT molecular complexity index is 664. The van der Waals surface area contributed by atoms with Gasteiger partial charge in [0.2, 0.25) is 0 Å². The number of non-ortho nitro benzene ring substituents is 1. The number of benzene rings is 1. The maximum Gasteiger partial charge on any atom is 0.350 e. The number of nitro groups is 1. The molecule has 0 saturated heterocycles. The average molecular weight is 306 g/mol. The second-order valence-electron chi connectivity index (χ2n) is 4.34. The van der Waals surface area contributed by atoms with Gasteiger partial charge in [-0.1, -0.05) is 6.92 Å². The minimum atomic E-state index is -0.458. The molecule has 1 aromatic heterocycles. The Hall–Kier alpha value is -2.41. The molecule has 2 aromatic rings. The largest absolute Gasteiger partial charge is 0.461 e. The maximum absolute atomic E-state index is 11.8. The van der Waals surface area contributed by atoms with Crippen LogP contribution < -0.4 is 5.73 Å². The van der Waals surface area contributed by atoms with Crippen molar-refractivity contribution in [1.82, 2.24) is 0 Å². The van der Waals surface area contributed by atoms with Crippen molar-refractivity contribution in [2.24, 2.45) is 0 Å². The quantitative estimate of drug-likeness (QED) is 0.518. The predicted octanol–water partition coefficient (Wildman–Crippen LogP) is 3.47. The second-order valence-corrected chi connectivity index (χ2v) is 5.39. The SMILES string of the molecule is CCCOC(=O)c1sc(-c2ccc([N+](=O)[O-])cc2)cc1N. The minimum Gasteiger partial charge on any atom is -0.461 e. The number of thiophene rings is 1. The molecule has 0 spiro atoms. The first-order valence-electron chi connectivity index (χ1n) is 6.34. The molecule has 2 N–H and O–H groups in total. The molecule has 0 fully saturated rings.